The van der Waals surface area contributed by atoms with Crippen molar-refractivity contribution in [2.45, 2.75) is 12.2 Å². The second kappa shape index (κ2) is 7.60. The van der Waals surface area contributed by atoms with Crippen molar-refractivity contribution in [2.75, 3.05) is 13.2 Å². The van der Waals surface area contributed by atoms with Crippen LogP contribution in [0.2, 0.25) is 0 Å². The van der Waals surface area contributed by atoms with E-state index in [0.717, 1.165) is 5.56 Å². The maximum absolute atomic E-state index is 11.3. The van der Waals surface area contributed by atoms with Crippen LogP contribution in [-0.2, 0) is 9.53 Å². The van der Waals surface area contributed by atoms with Gasteiger partial charge in [-0.1, -0.05) is 30.3 Å². The van der Waals surface area contributed by atoms with Gasteiger partial charge in [0.15, 0.2) is 0 Å². The first-order valence-corrected chi connectivity index (χ1v) is 5.50. The first-order chi connectivity index (χ1) is 8.63. The molecule has 1 aromatic carbocycles. The minimum absolute atomic E-state index is 0.361. The third-order valence-electron chi connectivity index (χ3n) is 2.24. The largest absolute Gasteiger partial charge is 0.460 e. The van der Waals surface area contributed by atoms with Crippen molar-refractivity contribution in [2.24, 2.45) is 0 Å². The lowest BCUT2D eigenvalue weighted by Crippen LogP contribution is -2.33. The summed E-state index contributed by atoms with van der Waals surface area (Å²) in [5, 5.41) is 26.8. The van der Waals surface area contributed by atoms with E-state index >= 15 is 0 Å². The van der Waals surface area contributed by atoms with Crippen LogP contribution >= 0.6 is 0 Å². The Hall–Kier alpha value is -1.69. The summed E-state index contributed by atoms with van der Waals surface area (Å²) in [6, 6.07) is 9.20. The number of carbonyl (C=O) groups excluding carboxylic acids is 1. The molecule has 2 unspecified atom stereocenters. The molecule has 0 aliphatic rings. The molecule has 0 fully saturated rings. The number of rotatable bonds is 6. The quantitative estimate of drug-likeness (QED) is 0.488. The molecule has 1 rings (SSSR count). The van der Waals surface area contributed by atoms with Crippen molar-refractivity contribution in [1.82, 2.24) is 0 Å². The standard InChI is InChI=1S/C13H16O5/c14-8-11(15)12(16)9-18-13(17)7-6-10-4-2-1-3-5-10/h1-7,11-12,14-16H,8-9H2. The Labute approximate surface area is 105 Å². The molecule has 2 atom stereocenters. The average Bonchev–Trinajstić information content (AvgIpc) is 2.42. The van der Waals surface area contributed by atoms with Crippen LogP contribution in [-0.4, -0.2) is 46.7 Å². The Kier molecular flexibility index (Phi) is 6.07. The summed E-state index contributed by atoms with van der Waals surface area (Å²) < 4.78 is 4.70. The normalized spacial score (nSPS) is 14.4. The molecule has 0 aromatic heterocycles. The predicted octanol–water partition coefficient (Wildman–Crippen LogP) is -0.0429. The van der Waals surface area contributed by atoms with Gasteiger partial charge in [0.05, 0.1) is 6.61 Å². The van der Waals surface area contributed by atoms with E-state index in [1.807, 2.05) is 30.3 Å². The van der Waals surface area contributed by atoms with E-state index in [-0.39, 0.29) is 6.61 Å². The van der Waals surface area contributed by atoms with Gasteiger partial charge in [-0.15, -0.1) is 0 Å². The van der Waals surface area contributed by atoms with E-state index in [1.165, 1.54) is 6.08 Å². The van der Waals surface area contributed by atoms with Crippen LogP contribution in [0.1, 0.15) is 5.56 Å². The number of carbonyl (C=O) groups is 1. The molecular weight excluding hydrogens is 236 g/mol. The predicted molar refractivity (Wildman–Crippen MR) is 65.5 cm³/mol. The molecule has 0 aliphatic heterocycles. The summed E-state index contributed by atoms with van der Waals surface area (Å²) in [4.78, 5) is 11.3. The van der Waals surface area contributed by atoms with Crippen molar-refractivity contribution in [1.29, 1.82) is 0 Å². The molecule has 18 heavy (non-hydrogen) atoms. The molecule has 0 heterocycles. The molecule has 0 spiro atoms. The lowest BCUT2D eigenvalue weighted by atomic mass is 10.2. The fourth-order valence-electron chi connectivity index (χ4n) is 1.18. The van der Waals surface area contributed by atoms with Crippen LogP contribution in [0.4, 0.5) is 0 Å². The van der Waals surface area contributed by atoms with Crippen LogP contribution in [0.25, 0.3) is 6.08 Å². The molecule has 0 saturated carbocycles. The lowest BCUT2D eigenvalue weighted by Gasteiger charge is -2.14. The van der Waals surface area contributed by atoms with Gasteiger partial charge in [0, 0.05) is 6.08 Å². The fourth-order valence-corrected chi connectivity index (χ4v) is 1.18. The Morgan fingerprint density at radius 3 is 2.50 bits per heavy atom. The van der Waals surface area contributed by atoms with E-state index in [0.29, 0.717) is 0 Å². The maximum Gasteiger partial charge on any atom is 0.330 e. The number of benzene rings is 1. The van der Waals surface area contributed by atoms with E-state index < -0.39 is 24.8 Å². The second-order valence-electron chi connectivity index (χ2n) is 3.69. The van der Waals surface area contributed by atoms with Crippen LogP contribution < -0.4 is 0 Å². The second-order valence-corrected chi connectivity index (χ2v) is 3.69. The van der Waals surface area contributed by atoms with Gasteiger partial charge >= 0.3 is 5.97 Å². The van der Waals surface area contributed by atoms with Crippen molar-refractivity contribution >= 4 is 12.0 Å². The summed E-state index contributed by atoms with van der Waals surface area (Å²) in [5.41, 5.74) is 0.852. The van der Waals surface area contributed by atoms with Gasteiger partial charge in [-0.25, -0.2) is 4.79 Å². The number of hydrogen-bond donors (Lipinski definition) is 3. The highest BCUT2D eigenvalue weighted by atomic mass is 16.5. The smallest absolute Gasteiger partial charge is 0.330 e. The van der Waals surface area contributed by atoms with Gasteiger partial charge in [0.2, 0.25) is 0 Å². The van der Waals surface area contributed by atoms with Crippen molar-refractivity contribution < 1.29 is 24.9 Å². The number of aliphatic hydroxyl groups excluding tert-OH is 3. The highest BCUT2D eigenvalue weighted by Gasteiger charge is 2.16. The van der Waals surface area contributed by atoms with E-state index in [4.69, 9.17) is 14.9 Å². The monoisotopic (exact) mass is 252 g/mol. The molecule has 0 bridgehead atoms. The molecule has 3 N–H and O–H groups in total. The summed E-state index contributed by atoms with van der Waals surface area (Å²) in [5.74, 6) is -0.622. The molecule has 0 radical (unpaired) electrons. The minimum Gasteiger partial charge on any atom is -0.460 e. The Morgan fingerprint density at radius 1 is 1.22 bits per heavy atom. The molecule has 98 valence electrons. The van der Waals surface area contributed by atoms with Gasteiger partial charge in [0.1, 0.15) is 18.8 Å². The van der Waals surface area contributed by atoms with E-state index in [9.17, 15) is 9.90 Å². The summed E-state index contributed by atoms with van der Waals surface area (Å²) in [6.45, 7) is -0.946. The van der Waals surface area contributed by atoms with Crippen LogP contribution in [0.15, 0.2) is 36.4 Å². The molecular formula is C13H16O5. The molecule has 1 aromatic rings. The molecule has 0 saturated heterocycles. The molecule has 0 aliphatic carbocycles. The van der Waals surface area contributed by atoms with Gasteiger partial charge in [-0.05, 0) is 11.6 Å². The van der Waals surface area contributed by atoms with E-state index in [1.54, 1.807) is 6.08 Å². The van der Waals surface area contributed by atoms with Crippen LogP contribution in [0, 0.1) is 0 Å². The molecule has 5 nitrogen and oxygen atoms in total. The average molecular weight is 252 g/mol. The highest BCUT2D eigenvalue weighted by molar-refractivity contribution is 5.87. The Morgan fingerprint density at radius 2 is 1.89 bits per heavy atom. The summed E-state index contributed by atoms with van der Waals surface area (Å²) >= 11 is 0. The number of esters is 1. The fraction of sp³-hybridized carbons (Fsp3) is 0.308. The molecule has 0 amide bonds. The number of hydrogen-bond acceptors (Lipinski definition) is 5. The number of aliphatic hydroxyl groups is 3. The van der Waals surface area contributed by atoms with Crippen molar-refractivity contribution in [3.63, 3.8) is 0 Å². The Bertz CT molecular complexity index is 388. The highest BCUT2D eigenvalue weighted by Crippen LogP contribution is 2.01. The minimum atomic E-state index is -1.31. The topological polar surface area (TPSA) is 87.0 Å². The SMILES string of the molecule is O=C(C=Cc1ccccc1)OCC(O)C(O)CO. The van der Waals surface area contributed by atoms with Gasteiger partial charge in [-0.2, -0.15) is 0 Å². The van der Waals surface area contributed by atoms with Gasteiger partial charge in [0.25, 0.3) is 0 Å². The molecule has 5 heteroatoms. The Balaban J connectivity index is 2.36. The van der Waals surface area contributed by atoms with Crippen molar-refractivity contribution in [3.05, 3.63) is 42.0 Å². The van der Waals surface area contributed by atoms with Gasteiger partial charge in [-0.3, -0.25) is 0 Å². The third-order valence-corrected chi connectivity index (χ3v) is 2.24. The van der Waals surface area contributed by atoms with Crippen LogP contribution in [0.5, 0.6) is 0 Å². The van der Waals surface area contributed by atoms with E-state index in [2.05, 4.69) is 0 Å². The van der Waals surface area contributed by atoms with Crippen LogP contribution in [0.3, 0.4) is 0 Å². The maximum atomic E-state index is 11.3. The first kappa shape index (κ1) is 14.4. The summed E-state index contributed by atoms with van der Waals surface area (Å²) in [7, 11) is 0. The first-order valence-electron chi connectivity index (χ1n) is 5.50. The zero-order chi connectivity index (χ0) is 13.4. The summed E-state index contributed by atoms with van der Waals surface area (Å²) in [6.07, 6.45) is 0.213. The zero-order valence-electron chi connectivity index (χ0n) is 9.77. The third kappa shape index (κ3) is 5.09. The lowest BCUT2D eigenvalue weighted by molar-refractivity contribution is -0.143. The zero-order valence-corrected chi connectivity index (χ0v) is 9.77. The number of ether oxygens (including phenoxy) is 1. The van der Waals surface area contributed by atoms with Crippen molar-refractivity contribution in [3.8, 4) is 0 Å². The van der Waals surface area contributed by atoms with Gasteiger partial charge < -0.3 is 20.1 Å².